The average Bonchev–Trinajstić information content (AvgIpc) is 2.72. The summed E-state index contributed by atoms with van der Waals surface area (Å²) in [6.07, 6.45) is 6.47. The highest BCUT2D eigenvalue weighted by Gasteiger charge is 2.29. The number of anilines is 1. The van der Waals surface area contributed by atoms with Crippen molar-refractivity contribution in [3.8, 4) is 0 Å². The molecular formula is C17H26ClN3. The van der Waals surface area contributed by atoms with Crippen LogP contribution in [0.3, 0.4) is 0 Å². The van der Waals surface area contributed by atoms with Crippen LogP contribution in [0.5, 0.6) is 0 Å². The quantitative estimate of drug-likeness (QED) is 0.852. The van der Waals surface area contributed by atoms with Gasteiger partial charge in [0.2, 0.25) is 0 Å². The maximum Gasteiger partial charge on any atom is 0.0426 e. The summed E-state index contributed by atoms with van der Waals surface area (Å²) in [6, 6.07) is 9.14. The van der Waals surface area contributed by atoms with Gasteiger partial charge in [0.05, 0.1) is 0 Å². The van der Waals surface area contributed by atoms with Gasteiger partial charge in [-0.3, -0.25) is 4.90 Å². The normalized spacial score (nSPS) is 28.4. The molecule has 1 aromatic carbocycles. The topological polar surface area (TPSA) is 32.5 Å². The van der Waals surface area contributed by atoms with Gasteiger partial charge in [-0.15, -0.1) is 0 Å². The molecule has 2 fully saturated rings. The van der Waals surface area contributed by atoms with E-state index in [9.17, 15) is 0 Å². The number of rotatable bonds is 2. The van der Waals surface area contributed by atoms with Crippen LogP contribution in [0.1, 0.15) is 32.1 Å². The van der Waals surface area contributed by atoms with E-state index in [1.165, 1.54) is 37.8 Å². The van der Waals surface area contributed by atoms with Gasteiger partial charge in [0.25, 0.3) is 0 Å². The molecule has 21 heavy (non-hydrogen) atoms. The van der Waals surface area contributed by atoms with E-state index < -0.39 is 0 Å². The minimum atomic E-state index is 0.366. The minimum Gasteiger partial charge on any atom is -0.369 e. The Labute approximate surface area is 133 Å². The molecule has 2 N–H and O–H groups in total. The summed E-state index contributed by atoms with van der Waals surface area (Å²) in [6.45, 7) is 4.38. The summed E-state index contributed by atoms with van der Waals surface area (Å²) >= 11 is 6.10. The molecule has 1 aliphatic carbocycles. The molecule has 1 aliphatic heterocycles. The monoisotopic (exact) mass is 307 g/mol. The molecule has 4 heteroatoms. The van der Waals surface area contributed by atoms with Crippen LogP contribution in [0.25, 0.3) is 0 Å². The Bertz CT molecular complexity index is 457. The molecule has 0 radical (unpaired) electrons. The second kappa shape index (κ2) is 6.99. The lowest BCUT2D eigenvalue weighted by atomic mass is 10.0. The predicted molar refractivity (Wildman–Crippen MR) is 90.1 cm³/mol. The first-order valence-corrected chi connectivity index (χ1v) is 8.62. The number of hydrogen-bond donors (Lipinski definition) is 1. The Kier molecular flexibility index (Phi) is 5.04. The lowest BCUT2D eigenvalue weighted by Crippen LogP contribution is -2.55. The zero-order chi connectivity index (χ0) is 14.7. The van der Waals surface area contributed by atoms with Crippen molar-refractivity contribution < 1.29 is 0 Å². The number of hydrogen-bond acceptors (Lipinski definition) is 3. The largest absolute Gasteiger partial charge is 0.369 e. The lowest BCUT2D eigenvalue weighted by molar-refractivity contribution is 0.154. The second-order valence-corrected chi connectivity index (χ2v) is 6.81. The lowest BCUT2D eigenvalue weighted by Gasteiger charge is -2.42. The Balaban J connectivity index is 1.59. The van der Waals surface area contributed by atoms with Crippen LogP contribution in [0.4, 0.5) is 5.69 Å². The summed E-state index contributed by atoms with van der Waals surface area (Å²) in [4.78, 5) is 5.06. The molecule has 0 bridgehead atoms. The summed E-state index contributed by atoms with van der Waals surface area (Å²) in [5.41, 5.74) is 7.65. The van der Waals surface area contributed by atoms with Crippen molar-refractivity contribution >= 4 is 17.3 Å². The first-order chi connectivity index (χ1) is 10.2. The third-order valence-corrected chi connectivity index (χ3v) is 5.22. The molecular weight excluding hydrogens is 282 g/mol. The number of nitrogens with zero attached hydrogens (tertiary/aromatic N) is 2. The average molecular weight is 308 g/mol. The van der Waals surface area contributed by atoms with E-state index in [1.54, 1.807) is 0 Å². The fourth-order valence-corrected chi connectivity index (χ4v) is 3.94. The fraction of sp³-hybridized carbons (Fsp3) is 0.647. The number of benzene rings is 1. The Morgan fingerprint density at radius 3 is 2.52 bits per heavy atom. The predicted octanol–water partition coefficient (Wildman–Crippen LogP) is 3.12. The minimum absolute atomic E-state index is 0.366. The van der Waals surface area contributed by atoms with Crippen LogP contribution in [0.15, 0.2) is 24.3 Å². The van der Waals surface area contributed by atoms with E-state index in [0.29, 0.717) is 12.1 Å². The zero-order valence-corrected chi connectivity index (χ0v) is 13.4. The van der Waals surface area contributed by atoms with Crippen molar-refractivity contribution in [1.82, 2.24) is 4.90 Å². The van der Waals surface area contributed by atoms with Crippen LogP contribution in [-0.4, -0.2) is 43.2 Å². The molecule has 116 valence electrons. The Morgan fingerprint density at radius 1 is 1.00 bits per heavy atom. The van der Waals surface area contributed by atoms with Crippen molar-refractivity contribution in [1.29, 1.82) is 0 Å². The summed E-state index contributed by atoms with van der Waals surface area (Å²) in [7, 11) is 0. The van der Waals surface area contributed by atoms with Crippen molar-refractivity contribution in [2.75, 3.05) is 31.1 Å². The molecule has 3 nitrogen and oxygen atoms in total. The standard InChI is InChI=1S/C17H26ClN3/c18-14-5-4-6-15(13-14)20-9-11-21(12-10-20)17-8-3-1-2-7-16(17)19/h4-6,13,16-17H,1-3,7-12,19H2. The van der Waals surface area contributed by atoms with Gasteiger partial charge in [0.15, 0.2) is 0 Å². The summed E-state index contributed by atoms with van der Waals surface area (Å²) in [5, 5.41) is 0.820. The van der Waals surface area contributed by atoms with Gasteiger partial charge < -0.3 is 10.6 Å². The number of nitrogens with two attached hydrogens (primary N) is 1. The van der Waals surface area contributed by atoms with E-state index in [1.807, 2.05) is 12.1 Å². The van der Waals surface area contributed by atoms with E-state index in [4.69, 9.17) is 17.3 Å². The Hall–Kier alpha value is -0.770. The highest BCUT2D eigenvalue weighted by molar-refractivity contribution is 6.30. The highest BCUT2D eigenvalue weighted by Crippen LogP contribution is 2.25. The molecule has 0 spiro atoms. The van der Waals surface area contributed by atoms with Crippen molar-refractivity contribution in [3.63, 3.8) is 0 Å². The van der Waals surface area contributed by atoms with Gasteiger partial charge in [-0.05, 0) is 31.0 Å². The molecule has 2 aliphatic rings. The maximum atomic E-state index is 6.40. The molecule has 1 saturated heterocycles. The first-order valence-electron chi connectivity index (χ1n) is 8.24. The van der Waals surface area contributed by atoms with Crippen molar-refractivity contribution in [3.05, 3.63) is 29.3 Å². The number of halogens is 1. The summed E-state index contributed by atoms with van der Waals surface area (Å²) in [5.74, 6) is 0. The molecule has 1 saturated carbocycles. The van der Waals surface area contributed by atoms with Crippen LogP contribution in [-0.2, 0) is 0 Å². The smallest absolute Gasteiger partial charge is 0.0426 e. The van der Waals surface area contributed by atoms with Crippen LogP contribution < -0.4 is 10.6 Å². The van der Waals surface area contributed by atoms with E-state index >= 15 is 0 Å². The molecule has 0 aromatic heterocycles. The second-order valence-electron chi connectivity index (χ2n) is 6.37. The SMILES string of the molecule is NC1CCCCCC1N1CCN(c2cccc(Cl)c2)CC1. The van der Waals surface area contributed by atoms with Crippen LogP contribution in [0, 0.1) is 0 Å². The molecule has 1 heterocycles. The molecule has 2 unspecified atom stereocenters. The van der Waals surface area contributed by atoms with Crippen LogP contribution in [0.2, 0.25) is 5.02 Å². The van der Waals surface area contributed by atoms with Crippen LogP contribution >= 0.6 is 11.6 Å². The van der Waals surface area contributed by atoms with Gasteiger partial charge in [-0.25, -0.2) is 0 Å². The van der Waals surface area contributed by atoms with Gasteiger partial charge in [0, 0.05) is 49.0 Å². The maximum absolute atomic E-state index is 6.40. The molecule has 2 atom stereocenters. The van der Waals surface area contributed by atoms with Gasteiger partial charge in [-0.2, -0.15) is 0 Å². The van der Waals surface area contributed by atoms with E-state index in [-0.39, 0.29) is 0 Å². The third-order valence-electron chi connectivity index (χ3n) is 4.99. The first kappa shape index (κ1) is 15.1. The van der Waals surface area contributed by atoms with Gasteiger partial charge in [-0.1, -0.05) is 36.9 Å². The van der Waals surface area contributed by atoms with Crippen molar-refractivity contribution in [2.45, 2.75) is 44.2 Å². The molecule has 0 amide bonds. The number of piperazine rings is 1. The molecule has 3 rings (SSSR count). The van der Waals surface area contributed by atoms with E-state index in [2.05, 4.69) is 21.9 Å². The fourth-order valence-electron chi connectivity index (χ4n) is 3.75. The summed E-state index contributed by atoms with van der Waals surface area (Å²) < 4.78 is 0. The Morgan fingerprint density at radius 2 is 1.76 bits per heavy atom. The van der Waals surface area contributed by atoms with Gasteiger partial charge in [0.1, 0.15) is 0 Å². The van der Waals surface area contributed by atoms with E-state index in [0.717, 1.165) is 31.2 Å². The van der Waals surface area contributed by atoms with Gasteiger partial charge >= 0.3 is 0 Å². The third kappa shape index (κ3) is 3.71. The highest BCUT2D eigenvalue weighted by atomic mass is 35.5. The molecule has 1 aromatic rings. The zero-order valence-electron chi connectivity index (χ0n) is 12.7. The van der Waals surface area contributed by atoms with Crippen molar-refractivity contribution in [2.24, 2.45) is 5.73 Å².